The van der Waals surface area contributed by atoms with E-state index in [1.807, 2.05) is 19.1 Å². The highest BCUT2D eigenvalue weighted by Crippen LogP contribution is 2.45. The molecule has 0 aliphatic carbocycles. The van der Waals surface area contributed by atoms with Crippen LogP contribution in [0.25, 0.3) is 20.9 Å². The fraction of sp³-hybridized carbons (Fsp3) is 0.188. The first-order valence-electron chi connectivity index (χ1n) is 6.14. The second-order valence-electron chi connectivity index (χ2n) is 4.22. The minimum absolute atomic E-state index is 0.823. The lowest BCUT2D eigenvalue weighted by Gasteiger charge is -2.11. The van der Waals surface area contributed by atoms with E-state index < -0.39 is 0 Å². The van der Waals surface area contributed by atoms with Gasteiger partial charge in [0.2, 0.25) is 0 Å². The summed E-state index contributed by atoms with van der Waals surface area (Å²) >= 11 is 1.62. The standard InChI is InChI=1S/C16H13NO2S/c1-4-5-10-8-12-14(18-2)13-9-17-7-6-11(13)15(19-3)16(12)20-10/h6-9H,1-3H3. The Kier molecular flexibility index (Phi) is 3.21. The molecule has 0 N–H and O–H groups in total. The SMILES string of the molecule is CC#Cc1cc2c(OC)c3cnccc3c(OC)c2s1. The van der Waals surface area contributed by atoms with Gasteiger partial charge in [-0.25, -0.2) is 0 Å². The smallest absolute Gasteiger partial charge is 0.144 e. The molecule has 3 rings (SSSR count). The van der Waals surface area contributed by atoms with Gasteiger partial charge in [0.15, 0.2) is 0 Å². The Hall–Kier alpha value is -2.25. The van der Waals surface area contributed by atoms with Crippen molar-refractivity contribution in [3.8, 4) is 23.3 Å². The van der Waals surface area contributed by atoms with Crippen molar-refractivity contribution in [2.24, 2.45) is 0 Å². The highest BCUT2D eigenvalue weighted by atomic mass is 32.1. The van der Waals surface area contributed by atoms with Gasteiger partial charge < -0.3 is 9.47 Å². The van der Waals surface area contributed by atoms with Crippen molar-refractivity contribution < 1.29 is 9.47 Å². The van der Waals surface area contributed by atoms with E-state index in [2.05, 4.69) is 16.8 Å². The normalized spacial score (nSPS) is 10.3. The third kappa shape index (κ3) is 1.79. The number of benzene rings is 1. The molecule has 4 heteroatoms. The molecule has 3 aromatic rings. The zero-order valence-corrected chi connectivity index (χ0v) is 12.3. The quantitative estimate of drug-likeness (QED) is 0.670. The number of hydrogen-bond donors (Lipinski definition) is 0. The molecule has 0 fully saturated rings. The maximum atomic E-state index is 5.61. The number of thiophene rings is 1. The number of rotatable bonds is 2. The van der Waals surface area contributed by atoms with Gasteiger partial charge in [0.05, 0.1) is 23.8 Å². The van der Waals surface area contributed by atoms with Gasteiger partial charge >= 0.3 is 0 Å². The Morgan fingerprint density at radius 1 is 1.10 bits per heavy atom. The average Bonchev–Trinajstić information content (AvgIpc) is 2.88. The van der Waals surface area contributed by atoms with Gasteiger partial charge in [-0.2, -0.15) is 0 Å². The number of aromatic nitrogens is 1. The number of hydrogen-bond acceptors (Lipinski definition) is 4. The summed E-state index contributed by atoms with van der Waals surface area (Å²) in [5.74, 6) is 7.70. The van der Waals surface area contributed by atoms with Gasteiger partial charge in [0.25, 0.3) is 0 Å². The van der Waals surface area contributed by atoms with Crippen molar-refractivity contribution in [3.05, 3.63) is 29.4 Å². The molecule has 0 saturated carbocycles. The molecule has 100 valence electrons. The van der Waals surface area contributed by atoms with E-state index in [1.165, 1.54) is 0 Å². The monoisotopic (exact) mass is 283 g/mol. The van der Waals surface area contributed by atoms with Gasteiger partial charge in [-0.05, 0) is 19.1 Å². The van der Waals surface area contributed by atoms with Gasteiger partial charge in [0, 0.05) is 28.6 Å². The first-order chi connectivity index (χ1) is 9.80. The molecule has 0 radical (unpaired) electrons. The molecule has 3 nitrogen and oxygen atoms in total. The summed E-state index contributed by atoms with van der Waals surface area (Å²) in [5.41, 5.74) is 0. The first kappa shape index (κ1) is 12.8. The maximum Gasteiger partial charge on any atom is 0.144 e. The predicted octanol–water partition coefficient (Wildman–Crippen LogP) is 3.84. The largest absolute Gasteiger partial charge is 0.495 e. The Morgan fingerprint density at radius 3 is 2.60 bits per heavy atom. The van der Waals surface area contributed by atoms with Crippen LogP contribution in [-0.4, -0.2) is 19.2 Å². The topological polar surface area (TPSA) is 31.4 Å². The Bertz CT molecular complexity index is 795. The summed E-state index contributed by atoms with van der Waals surface area (Å²) in [4.78, 5) is 5.19. The van der Waals surface area contributed by atoms with E-state index >= 15 is 0 Å². The highest BCUT2D eigenvalue weighted by molar-refractivity contribution is 7.20. The second-order valence-corrected chi connectivity index (χ2v) is 5.27. The molecule has 0 aliphatic rings. The number of fused-ring (bicyclic) bond motifs is 2. The number of nitrogens with zero attached hydrogens (tertiary/aromatic N) is 1. The average molecular weight is 283 g/mol. The fourth-order valence-electron chi connectivity index (χ4n) is 2.38. The van der Waals surface area contributed by atoms with E-state index in [4.69, 9.17) is 9.47 Å². The zero-order valence-electron chi connectivity index (χ0n) is 11.5. The summed E-state index contributed by atoms with van der Waals surface area (Å²) in [6.07, 6.45) is 3.56. The van der Waals surface area contributed by atoms with E-state index in [1.54, 1.807) is 38.0 Å². The van der Waals surface area contributed by atoms with Crippen molar-refractivity contribution in [2.45, 2.75) is 6.92 Å². The molecule has 0 amide bonds. The summed E-state index contributed by atoms with van der Waals surface area (Å²) in [5, 5.41) is 2.98. The Balaban J connectivity index is 2.53. The van der Waals surface area contributed by atoms with E-state index in [-0.39, 0.29) is 0 Å². The molecular formula is C16H13NO2S. The van der Waals surface area contributed by atoms with Crippen LogP contribution in [0.2, 0.25) is 0 Å². The third-order valence-electron chi connectivity index (χ3n) is 3.15. The van der Waals surface area contributed by atoms with Crippen molar-refractivity contribution in [1.29, 1.82) is 0 Å². The van der Waals surface area contributed by atoms with Gasteiger partial charge in [-0.15, -0.1) is 17.3 Å². The van der Waals surface area contributed by atoms with E-state index in [9.17, 15) is 0 Å². The molecule has 0 saturated heterocycles. The molecular weight excluding hydrogens is 270 g/mol. The Labute approximate surface area is 121 Å². The maximum absolute atomic E-state index is 5.61. The second kappa shape index (κ2) is 5.03. The molecule has 2 heterocycles. The highest BCUT2D eigenvalue weighted by Gasteiger charge is 2.17. The molecule has 1 aromatic carbocycles. The fourth-order valence-corrected chi connectivity index (χ4v) is 3.47. The molecule has 0 unspecified atom stereocenters. The van der Waals surface area contributed by atoms with Crippen LogP contribution in [0.15, 0.2) is 24.5 Å². The molecule has 0 spiro atoms. The minimum atomic E-state index is 0.823. The predicted molar refractivity (Wildman–Crippen MR) is 82.8 cm³/mol. The van der Waals surface area contributed by atoms with Crippen LogP contribution in [0.1, 0.15) is 11.8 Å². The van der Waals surface area contributed by atoms with Crippen LogP contribution in [0.4, 0.5) is 0 Å². The number of ether oxygens (including phenoxy) is 2. The lowest BCUT2D eigenvalue weighted by Crippen LogP contribution is -1.91. The van der Waals surface area contributed by atoms with E-state index in [0.29, 0.717) is 0 Å². The summed E-state index contributed by atoms with van der Waals surface area (Å²) < 4.78 is 12.3. The summed E-state index contributed by atoms with van der Waals surface area (Å²) in [6, 6.07) is 3.99. The molecule has 20 heavy (non-hydrogen) atoms. The lowest BCUT2D eigenvalue weighted by atomic mass is 10.1. The number of pyridine rings is 1. The van der Waals surface area contributed by atoms with E-state index in [0.717, 1.165) is 37.2 Å². The Morgan fingerprint density at radius 2 is 1.90 bits per heavy atom. The van der Waals surface area contributed by atoms with Crippen LogP contribution in [0, 0.1) is 11.8 Å². The molecule has 0 atom stereocenters. The minimum Gasteiger partial charge on any atom is -0.495 e. The van der Waals surface area contributed by atoms with Gasteiger partial charge in [-0.1, -0.05) is 5.92 Å². The number of methoxy groups -OCH3 is 2. The van der Waals surface area contributed by atoms with Crippen molar-refractivity contribution in [1.82, 2.24) is 4.98 Å². The van der Waals surface area contributed by atoms with Crippen LogP contribution >= 0.6 is 11.3 Å². The summed E-state index contributed by atoms with van der Waals surface area (Å²) in [6.45, 7) is 1.83. The van der Waals surface area contributed by atoms with Crippen molar-refractivity contribution >= 4 is 32.2 Å². The summed E-state index contributed by atoms with van der Waals surface area (Å²) in [7, 11) is 3.36. The van der Waals surface area contributed by atoms with Crippen LogP contribution in [-0.2, 0) is 0 Å². The van der Waals surface area contributed by atoms with Crippen LogP contribution in [0.5, 0.6) is 11.5 Å². The van der Waals surface area contributed by atoms with Crippen LogP contribution in [0.3, 0.4) is 0 Å². The molecule has 0 bridgehead atoms. The van der Waals surface area contributed by atoms with Crippen LogP contribution < -0.4 is 9.47 Å². The molecule has 2 aromatic heterocycles. The van der Waals surface area contributed by atoms with Crippen molar-refractivity contribution in [2.75, 3.05) is 14.2 Å². The third-order valence-corrected chi connectivity index (χ3v) is 4.20. The van der Waals surface area contributed by atoms with Gasteiger partial charge in [-0.3, -0.25) is 4.98 Å². The van der Waals surface area contributed by atoms with Crippen molar-refractivity contribution in [3.63, 3.8) is 0 Å². The molecule has 0 aliphatic heterocycles. The zero-order chi connectivity index (χ0) is 14.1. The lowest BCUT2D eigenvalue weighted by molar-refractivity contribution is 0.418. The first-order valence-corrected chi connectivity index (χ1v) is 6.95. The van der Waals surface area contributed by atoms with Gasteiger partial charge in [0.1, 0.15) is 11.5 Å².